The van der Waals surface area contributed by atoms with E-state index in [1.807, 2.05) is 0 Å². The number of halogens is 4. The SMILES string of the molecule is C[C@H](c1cccc(Cl)c1)S(=O)(=O)C[C@@H](O)C(F)(F)F. The minimum absolute atomic E-state index is 0.280. The smallest absolute Gasteiger partial charge is 0.383 e. The Hall–Kier alpha value is -0.790. The van der Waals surface area contributed by atoms with E-state index in [-0.39, 0.29) is 10.6 Å². The van der Waals surface area contributed by atoms with E-state index < -0.39 is 33.1 Å². The molecule has 0 fully saturated rings. The molecule has 0 aromatic heterocycles. The van der Waals surface area contributed by atoms with E-state index in [1.165, 1.54) is 31.2 Å². The number of aliphatic hydroxyl groups is 1. The highest BCUT2D eigenvalue weighted by atomic mass is 35.5. The Morgan fingerprint density at radius 2 is 1.95 bits per heavy atom. The average Bonchev–Trinajstić information content (AvgIpc) is 2.26. The summed E-state index contributed by atoms with van der Waals surface area (Å²) >= 11 is 5.69. The Kier molecular flexibility index (Phi) is 4.86. The second-order valence-corrected chi connectivity index (χ2v) is 6.89. The lowest BCUT2D eigenvalue weighted by Crippen LogP contribution is -2.36. The molecule has 1 aromatic carbocycles. The monoisotopic (exact) mass is 316 g/mol. The van der Waals surface area contributed by atoms with Crippen LogP contribution < -0.4 is 0 Å². The zero-order valence-electron chi connectivity index (χ0n) is 9.86. The van der Waals surface area contributed by atoms with Crippen LogP contribution in [0.3, 0.4) is 0 Å². The van der Waals surface area contributed by atoms with Crippen molar-refractivity contribution < 1.29 is 26.7 Å². The van der Waals surface area contributed by atoms with E-state index in [1.54, 1.807) is 0 Å². The summed E-state index contributed by atoms with van der Waals surface area (Å²) in [5.74, 6) is -1.37. The predicted octanol–water partition coefficient (Wildman–Crippen LogP) is 2.74. The average molecular weight is 317 g/mol. The molecule has 0 saturated carbocycles. The third-order valence-corrected chi connectivity index (χ3v) is 4.99. The Bertz CT molecular complexity index is 542. The molecule has 0 aliphatic rings. The lowest BCUT2D eigenvalue weighted by Gasteiger charge is -2.18. The van der Waals surface area contributed by atoms with Crippen molar-refractivity contribution in [2.75, 3.05) is 5.75 Å². The number of hydrogen-bond acceptors (Lipinski definition) is 3. The lowest BCUT2D eigenvalue weighted by atomic mass is 10.2. The van der Waals surface area contributed by atoms with Crippen molar-refractivity contribution in [1.29, 1.82) is 0 Å². The van der Waals surface area contributed by atoms with Crippen LogP contribution in [0, 0.1) is 0 Å². The summed E-state index contributed by atoms with van der Waals surface area (Å²) in [4.78, 5) is 0. The van der Waals surface area contributed by atoms with Gasteiger partial charge in [-0.15, -0.1) is 0 Å². The maximum Gasteiger partial charge on any atom is 0.415 e. The number of benzene rings is 1. The van der Waals surface area contributed by atoms with Gasteiger partial charge in [0, 0.05) is 5.02 Å². The Labute approximate surface area is 113 Å². The van der Waals surface area contributed by atoms with Gasteiger partial charge in [0.15, 0.2) is 15.9 Å². The molecule has 8 heteroatoms. The van der Waals surface area contributed by atoms with Gasteiger partial charge in [-0.3, -0.25) is 0 Å². The fraction of sp³-hybridized carbons (Fsp3) is 0.455. The molecule has 0 saturated heterocycles. The van der Waals surface area contributed by atoms with Crippen molar-refractivity contribution >= 4 is 21.4 Å². The number of alkyl halides is 3. The van der Waals surface area contributed by atoms with E-state index in [2.05, 4.69) is 0 Å². The maximum absolute atomic E-state index is 12.2. The molecular weight excluding hydrogens is 305 g/mol. The lowest BCUT2D eigenvalue weighted by molar-refractivity contribution is -0.196. The van der Waals surface area contributed by atoms with Crippen LogP contribution in [0.4, 0.5) is 13.2 Å². The molecule has 1 aromatic rings. The molecule has 0 spiro atoms. The zero-order valence-corrected chi connectivity index (χ0v) is 11.4. The Morgan fingerprint density at radius 1 is 1.37 bits per heavy atom. The fourth-order valence-electron chi connectivity index (χ4n) is 1.43. The van der Waals surface area contributed by atoms with Crippen LogP contribution in [0.15, 0.2) is 24.3 Å². The fourth-order valence-corrected chi connectivity index (χ4v) is 3.10. The first-order valence-corrected chi connectivity index (χ1v) is 7.35. The van der Waals surface area contributed by atoms with Gasteiger partial charge >= 0.3 is 6.18 Å². The molecule has 0 aliphatic carbocycles. The van der Waals surface area contributed by atoms with E-state index >= 15 is 0 Å². The zero-order chi connectivity index (χ0) is 14.8. The summed E-state index contributed by atoms with van der Waals surface area (Å²) in [7, 11) is -4.14. The highest BCUT2D eigenvalue weighted by molar-refractivity contribution is 7.91. The van der Waals surface area contributed by atoms with Gasteiger partial charge < -0.3 is 5.11 Å². The van der Waals surface area contributed by atoms with Crippen LogP contribution in [-0.2, 0) is 9.84 Å². The number of hydrogen-bond donors (Lipinski definition) is 1. The topological polar surface area (TPSA) is 54.4 Å². The largest absolute Gasteiger partial charge is 0.415 e. The highest BCUT2D eigenvalue weighted by Gasteiger charge is 2.42. The minimum atomic E-state index is -4.96. The third-order valence-electron chi connectivity index (χ3n) is 2.62. The Balaban J connectivity index is 2.95. The predicted molar refractivity (Wildman–Crippen MR) is 65.7 cm³/mol. The van der Waals surface area contributed by atoms with Gasteiger partial charge in [0.2, 0.25) is 0 Å². The summed E-state index contributed by atoms with van der Waals surface area (Å²) in [6.07, 6.45) is -7.85. The van der Waals surface area contributed by atoms with E-state index in [4.69, 9.17) is 16.7 Å². The molecule has 0 amide bonds. The van der Waals surface area contributed by atoms with Crippen LogP contribution in [0.5, 0.6) is 0 Å². The Morgan fingerprint density at radius 3 is 2.42 bits per heavy atom. The molecule has 0 unspecified atom stereocenters. The second-order valence-electron chi connectivity index (χ2n) is 4.08. The summed E-state index contributed by atoms with van der Waals surface area (Å²) < 4.78 is 60.1. The molecular formula is C11H12ClF3O3S. The van der Waals surface area contributed by atoms with Gasteiger partial charge in [0.1, 0.15) is 0 Å². The van der Waals surface area contributed by atoms with Crippen molar-refractivity contribution in [2.24, 2.45) is 0 Å². The van der Waals surface area contributed by atoms with Gasteiger partial charge in [-0.1, -0.05) is 23.7 Å². The molecule has 19 heavy (non-hydrogen) atoms. The van der Waals surface area contributed by atoms with Gasteiger partial charge in [-0.2, -0.15) is 13.2 Å². The van der Waals surface area contributed by atoms with E-state index in [0.717, 1.165) is 0 Å². The van der Waals surface area contributed by atoms with Gasteiger partial charge in [-0.25, -0.2) is 8.42 Å². The minimum Gasteiger partial charge on any atom is -0.383 e. The summed E-state index contributed by atoms with van der Waals surface area (Å²) in [6, 6.07) is 5.84. The quantitative estimate of drug-likeness (QED) is 0.929. The third kappa shape index (κ3) is 4.36. The van der Waals surface area contributed by atoms with Crippen molar-refractivity contribution in [2.45, 2.75) is 24.5 Å². The second kappa shape index (κ2) is 5.68. The highest BCUT2D eigenvalue weighted by Crippen LogP contribution is 2.28. The molecule has 0 aliphatic heterocycles. The first kappa shape index (κ1) is 16.3. The van der Waals surface area contributed by atoms with E-state index in [0.29, 0.717) is 0 Å². The number of sulfone groups is 1. The van der Waals surface area contributed by atoms with Gasteiger partial charge in [0.25, 0.3) is 0 Å². The van der Waals surface area contributed by atoms with E-state index in [9.17, 15) is 21.6 Å². The molecule has 0 radical (unpaired) electrons. The van der Waals surface area contributed by atoms with Crippen LogP contribution in [0.1, 0.15) is 17.7 Å². The standard InChI is InChI=1S/C11H12ClF3O3S/c1-7(8-3-2-4-9(12)5-8)19(17,18)6-10(16)11(13,14)15/h2-5,7,10,16H,6H2,1H3/t7-,10-/m1/s1. The first-order valence-electron chi connectivity index (χ1n) is 5.26. The molecule has 0 bridgehead atoms. The first-order chi connectivity index (χ1) is 8.54. The van der Waals surface area contributed by atoms with Gasteiger partial charge in [-0.05, 0) is 24.6 Å². The summed E-state index contributed by atoms with van der Waals surface area (Å²) in [6.45, 7) is 1.25. The van der Waals surface area contributed by atoms with Gasteiger partial charge in [0.05, 0.1) is 11.0 Å². The molecule has 0 heterocycles. The molecule has 108 valence electrons. The summed E-state index contributed by atoms with van der Waals surface area (Å²) in [5.41, 5.74) is 0.280. The molecule has 2 atom stereocenters. The number of aliphatic hydroxyl groups excluding tert-OH is 1. The van der Waals surface area contributed by atoms with Crippen LogP contribution in [-0.4, -0.2) is 31.6 Å². The van der Waals surface area contributed by atoms with Crippen molar-refractivity contribution in [3.8, 4) is 0 Å². The van der Waals surface area contributed by atoms with Crippen molar-refractivity contribution in [1.82, 2.24) is 0 Å². The van der Waals surface area contributed by atoms with Crippen LogP contribution >= 0.6 is 11.6 Å². The molecule has 1 rings (SSSR count). The van der Waals surface area contributed by atoms with Crippen molar-refractivity contribution in [3.05, 3.63) is 34.9 Å². The maximum atomic E-state index is 12.2. The number of rotatable bonds is 4. The normalized spacial score (nSPS) is 16.1. The summed E-state index contributed by atoms with van der Waals surface area (Å²) in [5, 5.41) is 7.95. The molecule has 3 nitrogen and oxygen atoms in total. The van der Waals surface area contributed by atoms with Crippen LogP contribution in [0.25, 0.3) is 0 Å². The van der Waals surface area contributed by atoms with Crippen molar-refractivity contribution in [3.63, 3.8) is 0 Å². The van der Waals surface area contributed by atoms with Crippen LogP contribution in [0.2, 0.25) is 5.02 Å². The molecule has 1 N–H and O–H groups in total.